The van der Waals surface area contributed by atoms with Crippen LogP contribution in [0.2, 0.25) is 0 Å². The molecule has 0 bridgehead atoms. The number of halogens is 1. The molecule has 1 atom stereocenters. The molecule has 6 heteroatoms. The first kappa shape index (κ1) is 13.4. The van der Waals surface area contributed by atoms with E-state index < -0.39 is 11.7 Å². The maximum atomic E-state index is 12.3. The van der Waals surface area contributed by atoms with Gasteiger partial charge in [-0.15, -0.1) is 0 Å². The number of benzene rings is 1. The molecule has 0 aliphatic carbocycles. The summed E-state index contributed by atoms with van der Waals surface area (Å²) >= 11 is 3.34. The molecule has 1 aromatic rings. The molecule has 3 rings (SSSR count). The third-order valence-electron chi connectivity index (χ3n) is 3.86. The summed E-state index contributed by atoms with van der Waals surface area (Å²) in [6, 6.07) is 5.34. The predicted octanol–water partition coefficient (Wildman–Crippen LogP) is 2.93. The van der Waals surface area contributed by atoms with Gasteiger partial charge >= 0.3 is 6.09 Å². The zero-order valence-corrected chi connectivity index (χ0v) is 12.4. The van der Waals surface area contributed by atoms with Gasteiger partial charge in [0, 0.05) is 11.0 Å². The molecule has 0 saturated carbocycles. The van der Waals surface area contributed by atoms with Gasteiger partial charge in [0.1, 0.15) is 11.4 Å². The molecule has 0 aromatic heterocycles. The third kappa shape index (κ3) is 2.28. The zero-order valence-electron chi connectivity index (χ0n) is 10.8. The average molecular weight is 340 g/mol. The lowest BCUT2D eigenvalue weighted by atomic mass is 9.83. The van der Waals surface area contributed by atoms with Crippen molar-refractivity contribution in [2.24, 2.45) is 0 Å². The Morgan fingerprint density at radius 3 is 3.00 bits per heavy atom. The summed E-state index contributed by atoms with van der Waals surface area (Å²) in [5, 5.41) is 9.13. The van der Waals surface area contributed by atoms with Crippen LogP contribution in [0.3, 0.4) is 0 Å². The summed E-state index contributed by atoms with van der Waals surface area (Å²) in [6.45, 7) is 0.755. The number of hydrogen-bond acceptors (Lipinski definition) is 3. The fourth-order valence-corrected chi connectivity index (χ4v) is 3.32. The molecule has 2 heterocycles. The van der Waals surface area contributed by atoms with Crippen LogP contribution in [0.4, 0.5) is 4.79 Å². The highest BCUT2D eigenvalue weighted by atomic mass is 79.9. The minimum atomic E-state index is -0.957. The van der Waals surface area contributed by atoms with Gasteiger partial charge in [-0.1, -0.05) is 15.9 Å². The Morgan fingerprint density at radius 1 is 1.45 bits per heavy atom. The van der Waals surface area contributed by atoms with E-state index >= 15 is 0 Å². The van der Waals surface area contributed by atoms with Gasteiger partial charge in [-0.3, -0.25) is 4.79 Å². The fraction of sp³-hybridized carbons (Fsp3) is 0.429. The van der Waals surface area contributed by atoms with Crippen LogP contribution in [-0.4, -0.2) is 40.6 Å². The van der Waals surface area contributed by atoms with Crippen LogP contribution in [0.1, 0.15) is 29.6 Å². The Kier molecular flexibility index (Phi) is 3.20. The SMILES string of the molecule is O=C1CC2(CCCN(C(=O)O)C2)Oc2ccc(Br)cc21. The Hall–Kier alpha value is -1.56. The molecule has 1 N–H and O–H groups in total. The molecule has 1 saturated heterocycles. The van der Waals surface area contributed by atoms with Gasteiger partial charge in [0.05, 0.1) is 18.5 Å². The number of carbonyl (C=O) groups is 2. The van der Waals surface area contributed by atoms with Crippen molar-refractivity contribution in [3.63, 3.8) is 0 Å². The molecule has 1 amide bonds. The molecule has 2 aliphatic heterocycles. The van der Waals surface area contributed by atoms with E-state index in [-0.39, 0.29) is 18.7 Å². The molecule has 1 spiro atoms. The Labute approximate surface area is 124 Å². The number of likely N-dealkylation sites (tertiary alicyclic amines) is 1. The number of ether oxygens (including phenoxy) is 1. The number of fused-ring (bicyclic) bond motifs is 1. The van der Waals surface area contributed by atoms with Crippen molar-refractivity contribution in [1.82, 2.24) is 4.90 Å². The number of carbonyl (C=O) groups excluding carboxylic acids is 1. The minimum Gasteiger partial charge on any atom is -0.484 e. The minimum absolute atomic E-state index is 0.0137. The van der Waals surface area contributed by atoms with Crippen molar-refractivity contribution in [2.45, 2.75) is 24.9 Å². The first-order chi connectivity index (χ1) is 9.49. The van der Waals surface area contributed by atoms with E-state index in [9.17, 15) is 9.59 Å². The van der Waals surface area contributed by atoms with Crippen LogP contribution in [0.5, 0.6) is 5.75 Å². The lowest BCUT2D eigenvalue weighted by molar-refractivity contribution is -0.0132. The molecule has 1 fully saturated rings. The largest absolute Gasteiger partial charge is 0.484 e. The first-order valence-electron chi connectivity index (χ1n) is 6.49. The fourth-order valence-electron chi connectivity index (χ4n) is 2.96. The lowest BCUT2D eigenvalue weighted by Crippen LogP contribution is -2.55. The van der Waals surface area contributed by atoms with Gasteiger partial charge < -0.3 is 14.7 Å². The monoisotopic (exact) mass is 339 g/mol. The molecule has 20 heavy (non-hydrogen) atoms. The Bertz CT molecular complexity index is 589. The lowest BCUT2D eigenvalue weighted by Gasteiger charge is -2.43. The highest BCUT2D eigenvalue weighted by Gasteiger charge is 2.44. The topological polar surface area (TPSA) is 66.8 Å². The molecule has 1 aromatic carbocycles. The number of ketones is 1. The summed E-state index contributed by atoms with van der Waals surface area (Å²) < 4.78 is 6.85. The van der Waals surface area contributed by atoms with Crippen LogP contribution in [0.25, 0.3) is 0 Å². The van der Waals surface area contributed by atoms with Crippen molar-refractivity contribution in [1.29, 1.82) is 0 Å². The Balaban J connectivity index is 1.92. The van der Waals surface area contributed by atoms with Crippen LogP contribution in [0.15, 0.2) is 22.7 Å². The second kappa shape index (κ2) is 4.77. The van der Waals surface area contributed by atoms with Crippen molar-refractivity contribution < 1.29 is 19.4 Å². The van der Waals surface area contributed by atoms with Crippen LogP contribution < -0.4 is 4.74 Å². The molecular formula is C14H14BrNO4. The predicted molar refractivity (Wildman–Crippen MR) is 75.3 cm³/mol. The summed E-state index contributed by atoms with van der Waals surface area (Å²) in [7, 11) is 0. The van der Waals surface area contributed by atoms with Gasteiger partial charge in [-0.2, -0.15) is 0 Å². The quantitative estimate of drug-likeness (QED) is 0.789. The number of hydrogen-bond donors (Lipinski definition) is 1. The normalized spacial score (nSPS) is 25.2. The maximum absolute atomic E-state index is 12.3. The van der Waals surface area contributed by atoms with E-state index in [4.69, 9.17) is 9.84 Å². The number of rotatable bonds is 0. The van der Waals surface area contributed by atoms with Crippen molar-refractivity contribution in [2.75, 3.05) is 13.1 Å². The molecule has 5 nitrogen and oxygen atoms in total. The van der Waals surface area contributed by atoms with Crippen molar-refractivity contribution >= 4 is 27.8 Å². The summed E-state index contributed by atoms with van der Waals surface area (Å²) in [6.07, 6.45) is 0.700. The van der Waals surface area contributed by atoms with E-state index in [1.807, 2.05) is 6.07 Å². The molecule has 0 radical (unpaired) electrons. The zero-order chi connectivity index (χ0) is 14.3. The smallest absolute Gasteiger partial charge is 0.407 e. The molecule has 1 unspecified atom stereocenters. The third-order valence-corrected chi connectivity index (χ3v) is 4.35. The standard InChI is InChI=1S/C14H14BrNO4/c15-9-2-3-12-10(6-9)11(17)7-14(20-12)4-1-5-16(8-14)13(18)19/h2-3,6H,1,4-5,7-8H2,(H,18,19). The summed E-state index contributed by atoms with van der Waals surface area (Å²) in [5.74, 6) is 0.566. The number of nitrogens with zero attached hydrogens (tertiary/aromatic N) is 1. The van der Waals surface area contributed by atoms with E-state index in [1.54, 1.807) is 12.1 Å². The van der Waals surface area contributed by atoms with Crippen molar-refractivity contribution in [3.05, 3.63) is 28.2 Å². The van der Waals surface area contributed by atoms with Gasteiger partial charge in [0.25, 0.3) is 0 Å². The van der Waals surface area contributed by atoms with Crippen LogP contribution >= 0.6 is 15.9 Å². The number of amides is 1. The number of carboxylic acid groups (broad SMARTS) is 1. The van der Waals surface area contributed by atoms with E-state index in [0.717, 1.165) is 4.47 Å². The van der Waals surface area contributed by atoms with E-state index in [1.165, 1.54) is 4.90 Å². The Morgan fingerprint density at radius 2 is 2.25 bits per heavy atom. The van der Waals surface area contributed by atoms with Gasteiger partial charge in [-0.05, 0) is 31.0 Å². The molecule has 2 aliphatic rings. The van der Waals surface area contributed by atoms with E-state index in [0.29, 0.717) is 30.7 Å². The summed E-state index contributed by atoms with van der Waals surface area (Å²) in [4.78, 5) is 24.8. The summed E-state index contributed by atoms with van der Waals surface area (Å²) in [5.41, 5.74) is -0.133. The second-order valence-corrected chi connectivity index (χ2v) is 6.25. The highest BCUT2D eigenvalue weighted by molar-refractivity contribution is 9.10. The molecule has 106 valence electrons. The van der Waals surface area contributed by atoms with Crippen molar-refractivity contribution in [3.8, 4) is 5.75 Å². The highest BCUT2D eigenvalue weighted by Crippen LogP contribution is 2.39. The second-order valence-electron chi connectivity index (χ2n) is 5.33. The van der Waals surface area contributed by atoms with Crippen LogP contribution in [-0.2, 0) is 0 Å². The number of Topliss-reactive ketones (excluding diaryl/α,β-unsaturated/α-hetero) is 1. The number of piperidine rings is 1. The van der Waals surface area contributed by atoms with Gasteiger partial charge in [0.2, 0.25) is 0 Å². The molecular weight excluding hydrogens is 326 g/mol. The first-order valence-corrected chi connectivity index (χ1v) is 7.28. The van der Waals surface area contributed by atoms with Gasteiger partial charge in [0.15, 0.2) is 5.78 Å². The van der Waals surface area contributed by atoms with E-state index in [2.05, 4.69) is 15.9 Å². The van der Waals surface area contributed by atoms with Crippen LogP contribution in [0, 0.1) is 0 Å². The average Bonchev–Trinajstić information content (AvgIpc) is 2.40. The maximum Gasteiger partial charge on any atom is 0.407 e. The van der Waals surface area contributed by atoms with Gasteiger partial charge in [-0.25, -0.2) is 4.79 Å².